The minimum absolute atomic E-state index is 0.350. The Kier molecular flexibility index (Phi) is 2.29. The standard InChI is InChI=1S/C11H17NO/c12-8-11-7-2-1-4-9(11)5-3-6-10(11)13/h9-10,13H,1-7H2/t9-,10-,11+/m0/s1. The molecule has 2 saturated carbocycles. The van der Waals surface area contributed by atoms with Crippen LogP contribution in [0.3, 0.4) is 0 Å². The van der Waals surface area contributed by atoms with E-state index in [-0.39, 0.29) is 11.5 Å². The third-order valence-corrected chi connectivity index (χ3v) is 3.95. The third kappa shape index (κ3) is 1.26. The van der Waals surface area contributed by atoms with Gasteiger partial charge in [0.05, 0.1) is 17.6 Å². The van der Waals surface area contributed by atoms with Gasteiger partial charge in [-0.25, -0.2) is 0 Å². The molecule has 2 aliphatic rings. The summed E-state index contributed by atoms with van der Waals surface area (Å²) < 4.78 is 0. The van der Waals surface area contributed by atoms with E-state index in [1.807, 2.05) is 0 Å². The Bertz CT molecular complexity index is 231. The van der Waals surface area contributed by atoms with Crippen LogP contribution in [-0.2, 0) is 0 Å². The lowest BCUT2D eigenvalue weighted by Gasteiger charge is -2.45. The van der Waals surface area contributed by atoms with Crippen molar-refractivity contribution in [3.05, 3.63) is 0 Å². The molecular formula is C11H17NO. The summed E-state index contributed by atoms with van der Waals surface area (Å²) in [4.78, 5) is 0. The second-order valence-corrected chi connectivity index (χ2v) is 4.54. The first-order chi connectivity index (χ1) is 6.29. The van der Waals surface area contributed by atoms with E-state index < -0.39 is 0 Å². The molecule has 0 aromatic carbocycles. The molecule has 0 unspecified atom stereocenters. The largest absolute Gasteiger partial charge is 0.391 e. The van der Waals surface area contributed by atoms with Crippen molar-refractivity contribution in [3.63, 3.8) is 0 Å². The van der Waals surface area contributed by atoms with Crippen LogP contribution in [-0.4, -0.2) is 11.2 Å². The molecule has 2 nitrogen and oxygen atoms in total. The van der Waals surface area contributed by atoms with Crippen molar-refractivity contribution in [1.82, 2.24) is 0 Å². The topological polar surface area (TPSA) is 44.0 Å². The maximum Gasteiger partial charge on any atom is 0.0860 e. The molecule has 0 aromatic heterocycles. The van der Waals surface area contributed by atoms with Gasteiger partial charge in [-0.2, -0.15) is 5.26 Å². The summed E-state index contributed by atoms with van der Waals surface area (Å²) in [6, 6.07) is 2.42. The van der Waals surface area contributed by atoms with Crippen molar-refractivity contribution in [2.45, 2.75) is 51.0 Å². The number of fused-ring (bicyclic) bond motifs is 1. The highest BCUT2D eigenvalue weighted by molar-refractivity contribution is 5.10. The van der Waals surface area contributed by atoms with Crippen molar-refractivity contribution in [3.8, 4) is 6.07 Å². The molecule has 2 rings (SSSR count). The number of hydrogen-bond donors (Lipinski definition) is 1. The highest BCUT2D eigenvalue weighted by atomic mass is 16.3. The first-order valence-corrected chi connectivity index (χ1v) is 5.39. The van der Waals surface area contributed by atoms with Crippen molar-refractivity contribution in [2.24, 2.45) is 11.3 Å². The Balaban J connectivity index is 2.25. The first-order valence-electron chi connectivity index (χ1n) is 5.39. The van der Waals surface area contributed by atoms with Gasteiger partial charge in [-0.1, -0.05) is 19.3 Å². The molecule has 2 heteroatoms. The number of aliphatic hydroxyl groups excluding tert-OH is 1. The highest BCUT2D eigenvalue weighted by Crippen LogP contribution is 2.49. The van der Waals surface area contributed by atoms with E-state index in [0.717, 1.165) is 38.5 Å². The molecule has 2 fully saturated rings. The zero-order valence-electron chi connectivity index (χ0n) is 8.00. The monoisotopic (exact) mass is 179 g/mol. The molecular weight excluding hydrogens is 162 g/mol. The van der Waals surface area contributed by atoms with Crippen LogP contribution >= 0.6 is 0 Å². The second-order valence-electron chi connectivity index (χ2n) is 4.54. The van der Waals surface area contributed by atoms with E-state index in [9.17, 15) is 10.4 Å². The van der Waals surface area contributed by atoms with Gasteiger partial charge in [-0.3, -0.25) is 0 Å². The molecule has 1 N–H and O–H groups in total. The SMILES string of the molecule is N#C[C@]12CCCC[C@H]1CCC[C@@H]2O. The summed E-state index contributed by atoms with van der Waals surface area (Å²) in [6.45, 7) is 0. The maximum absolute atomic E-state index is 9.93. The van der Waals surface area contributed by atoms with E-state index in [2.05, 4.69) is 6.07 Å². The molecule has 0 amide bonds. The van der Waals surface area contributed by atoms with Crippen molar-refractivity contribution < 1.29 is 5.11 Å². The Labute approximate surface area is 79.6 Å². The van der Waals surface area contributed by atoms with Gasteiger partial charge in [0.15, 0.2) is 0 Å². The van der Waals surface area contributed by atoms with E-state index in [4.69, 9.17) is 0 Å². The van der Waals surface area contributed by atoms with Gasteiger partial charge in [0, 0.05) is 0 Å². The molecule has 0 radical (unpaired) electrons. The number of nitrogens with zero attached hydrogens (tertiary/aromatic N) is 1. The Morgan fingerprint density at radius 1 is 1.15 bits per heavy atom. The Hall–Kier alpha value is -0.550. The number of hydrogen-bond acceptors (Lipinski definition) is 2. The molecule has 3 atom stereocenters. The van der Waals surface area contributed by atoms with Crippen molar-refractivity contribution in [1.29, 1.82) is 5.26 Å². The van der Waals surface area contributed by atoms with Crippen LogP contribution in [0.15, 0.2) is 0 Å². The molecule has 13 heavy (non-hydrogen) atoms. The number of rotatable bonds is 0. The van der Waals surface area contributed by atoms with Crippen LogP contribution in [0.25, 0.3) is 0 Å². The Morgan fingerprint density at radius 3 is 2.62 bits per heavy atom. The van der Waals surface area contributed by atoms with Gasteiger partial charge in [0.25, 0.3) is 0 Å². The predicted octanol–water partition coefficient (Wildman–Crippen LogP) is 2.23. The zero-order chi connectivity index (χ0) is 9.31. The first kappa shape index (κ1) is 9.02. The van der Waals surface area contributed by atoms with E-state index >= 15 is 0 Å². The second kappa shape index (κ2) is 3.31. The van der Waals surface area contributed by atoms with Gasteiger partial charge in [-0.15, -0.1) is 0 Å². The lowest BCUT2D eigenvalue weighted by atomic mass is 9.59. The summed E-state index contributed by atoms with van der Waals surface area (Å²) in [7, 11) is 0. The summed E-state index contributed by atoms with van der Waals surface area (Å²) in [5.41, 5.74) is -0.365. The van der Waals surface area contributed by atoms with Crippen molar-refractivity contribution in [2.75, 3.05) is 0 Å². The van der Waals surface area contributed by atoms with Crippen LogP contribution in [0, 0.1) is 22.7 Å². The predicted molar refractivity (Wildman–Crippen MR) is 49.9 cm³/mol. The maximum atomic E-state index is 9.93. The lowest BCUT2D eigenvalue weighted by Crippen LogP contribution is -2.45. The third-order valence-electron chi connectivity index (χ3n) is 3.95. The van der Waals surface area contributed by atoms with Crippen LogP contribution < -0.4 is 0 Å². The Morgan fingerprint density at radius 2 is 1.92 bits per heavy atom. The quantitative estimate of drug-likeness (QED) is 0.619. The molecule has 0 heterocycles. The summed E-state index contributed by atoms with van der Waals surface area (Å²) in [5.74, 6) is 0.481. The van der Waals surface area contributed by atoms with Crippen LogP contribution in [0.1, 0.15) is 44.9 Å². The fraction of sp³-hybridized carbons (Fsp3) is 0.909. The molecule has 0 spiro atoms. The van der Waals surface area contributed by atoms with Gasteiger partial charge < -0.3 is 5.11 Å². The summed E-state index contributed by atoms with van der Waals surface area (Å²) >= 11 is 0. The van der Waals surface area contributed by atoms with Crippen LogP contribution in [0.2, 0.25) is 0 Å². The van der Waals surface area contributed by atoms with Crippen LogP contribution in [0.4, 0.5) is 0 Å². The van der Waals surface area contributed by atoms with Crippen molar-refractivity contribution >= 4 is 0 Å². The zero-order valence-corrected chi connectivity index (χ0v) is 8.00. The molecule has 0 saturated heterocycles. The van der Waals surface area contributed by atoms with Gasteiger partial charge in [0.2, 0.25) is 0 Å². The molecule has 2 aliphatic carbocycles. The molecule has 72 valence electrons. The van der Waals surface area contributed by atoms with Crippen LogP contribution in [0.5, 0.6) is 0 Å². The number of nitriles is 1. The summed E-state index contributed by atoms with van der Waals surface area (Å²) in [6.07, 6.45) is 7.21. The fourth-order valence-electron chi connectivity index (χ4n) is 3.15. The van der Waals surface area contributed by atoms with Gasteiger partial charge >= 0.3 is 0 Å². The average molecular weight is 179 g/mol. The van der Waals surface area contributed by atoms with Gasteiger partial charge in [0.1, 0.15) is 0 Å². The minimum atomic E-state index is -0.365. The average Bonchev–Trinajstić information content (AvgIpc) is 2.19. The molecule has 0 bridgehead atoms. The van der Waals surface area contributed by atoms with E-state index in [1.54, 1.807) is 0 Å². The van der Waals surface area contributed by atoms with E-state index in [1.165, 1.54) is 6.42 Å². The highest BCUT2D eigenvalue weighted by Gasteiger charge is 2.48. The smallest absolute Gasteiger partial charge is 0.0860 e. The molecule has 0 aromatic rings. The summed E-state index contributed by atoms with van der Waals surface area (Å²) in [5, 5.41) is 19.2. The van der Waals surface area contributed by atoms with E-state index in [0.29, 0.717) is 5.92 Å². The lowest BCUT2D eigenvalue weighted by molar-refractivity contribution is -0.0387. The number of aliphatic hydroxyl groups is 1. The molecule has 0 aliphatic heterocycles. The minimum Gasteiger partial charge on any atom is -0.391 e. The normalized spacial score (nSPS) is 44.9. The fourth-order valence-corrected chi connectivity index (χ4v) is 3.15. The van der Waals surface area contributed by atoms with Gasteiger partial charge in [-0.05, 0) is 31.6 Å².